The van der Waals surface area contributed by atoms with Crippen LogP contribution in [0.3, 0.4) is 0 Å². The Balaban J connectivity index is 2.99. The van der Waals surface area contributed by atoms with Crippen LogP contribution in [-0.2, 0) is 0 Å². The van der Waals surface area contributed by atoms with Crippen LogP contribution in [0.4, 0.5) is 10.2 Å². The van der Waals surface area contributed by atoms with Crippen LogP contribution >= 0.6 is 0 Å². The van der Waals surface area contributed by atoms with Crippen molar-refractivity contribution in [3.05, 3.63) is 23.6 Å². The number of nitrogens with one attached hydrogen (secondary N) is 1. The van der Waals surface area contributed by atoms with Crippen molar-refractivity contribution in [2.75, 3.05) is 25.6 Å². The molecule has 1 amide bonds. The SMILES string of the molecule is CN(CCO)C(=O)c1ccnc(NN)c1F. The van der Waals surface area contributed by atoms with Crippen molar-refractivity contribution in [1.82, 2.24) is 9.88 Å². The van der Waals surface area contributed by atoms with Gasteiger partial charge in [-0.1, -0.05) is 0 Å². The van der Waals surface area contributed by atoms with Crippen molar-refractivity contribution in [1.29, 1.82) is 0 Å². The first-order valence-corrected chi connectivity index (χ1v) is 4.59. The number of nitrogen functional groups attached to an aromatic ring is 1. The van der Waals surface area contributed by atoms with Crippen molar-refractivity contribution in [3.63, 3.8) is 0 Å². The maximum Gasteiger partial charge on any atom is 0.256 e. The van der Waals surface area contributed by atoms with Crippen molar-refractivity contribution in [2.45, 2.75) is 0 Å². The molecule has 0 radical (unpaired) electrons. The van der Waals surface area contributed by atoms with Gasteiger partial charge in [0.15, 0.2) is 11.6 Å². The predicted octanol–water partition coefficient (Wildman–Crippen LogP) is -0.429. The zero-order valence-corrected chi connectivity index (χ0v) is 8.77. The van der Waals surface area contributed by atoms with Crippen LogP contribution in [0, 0.1) is 5.82 Å². The lowest BCUT2D eigenvalue weighted by atomic mass is 10.2. The second-order valence-corrected chi connectivity index (χ2v) is 3.12. The highest BCUT2D eigenvalue weighted by molar-refractivity contribution is 5.95. The van der Waals surface area contributed by atoms with Crippen LogP contribution in [-0.4, -0.2) is 41.1 Å². The predicted molar refractivity (Wildman–Crippen MR) is 56.1 cm³/mol. The highest BCUT2D eigenvalue weighted by atomic mass is 19.1. The number of nitrogens with two attached hydrogens (primary N) is 1. The van der Waals surface area contributed by atoms with Crippen LogP contribution in [0.25, 0.3) is 0 Å². The van der Waals surface area contributed by atoms with Gasteiger partial charge < -0.3 is 15.4 Å². The smallest absolute Gasteiger partial charge is 0.256 e. The Morgan fingerprint density at radius 3 is 3.00 bits per heavy atom. The Kier molecular flexibility index (Phi) is 4.15. The molecule has 0 saturated carbocycles. The summed E-state index contributed by atoms with van der Waals surface area (Å²) in [7, 11) is 1.47. The average molecular weight is 228 g/mol. The molecule has 0 aliphatic rings. The summed E-state index contributed by atoms with van der Waals surface area (Å²) in [6, 6.07) is 1.26. The van der Waals surface area contributed by atoms with Crippen molar-refractivity contribution in [3.8, 4) is 0 Å². The molecule has 0 aromatic carbocycles. The summed E-state index contributed by atoms with van der Waals surface area (Å²) in [6.45, 7) is -0.0527. The van der Waals surface area contributed by atoms with E-state index >= 15 is 0 Å². The molecule has 0 aliphatic carbocycles. The lowest BCUT2D eigenvalue weighted by Gasteiger charge is -2.16. The van der Waals surface area contributed by atoms with E-state index in [0.717, 1.165) is 0 Å². The molecule has 7 heteroatoms. The molecule has 0 atom stereocenters. The first-order chi connectivity index (χ1) is 7.61. The number of pyridine rings is 1. The number of nitrogens with zero attached hydrogens (tertiary/aromatic N) is 2. The van der Waals surface area contributed by atoms with Crippen molar-refractivity contribution < 1.29 is 14.3 Å². The standard InChI is InChI=1S/C9H13FN4O2/c1-14(4-5-15)9(16)6-2-3-12-8(13-11)7(6)10/h2-3,15H,4-5,11H2,1H3,(H,12,13). The van der Waals surface area contributed by atoms with Crippen LogP contribution in [0.1, 0.15) is 10.4 Å². The fourth-order valence-electron chi connectivity index (χ4n) is 1.17. The van der Waals surface area contributed by atoms with Crippen molar-refractivity contribution >= 4 is 11.7 Å². The number of hydrogen-bond acceptors (Lipinski definition) is 5. The van der Waals surface area contributed by atoms with Crippen LogP contribution in [0.15, 0.2) is 12.3 Å². The highest BCUT2D eigenvalue weighted by Gasteiger charge is 2.18. The molecule has 0 bridgehead atoms. The molecular formula is C9H13FN4O2. The summed E-state index contributed by atoms with van der Waals surface area (Å²) in [5, 5.41) is 8.67. The summed E-state index contributed by atoms with van der Waals surface area (Å²) in [5.41, 5.74) is 1.92. The van der Waals surface area contributed by atoms with Gasteiger partial charge in [0.2, 0.25) is 0 Å². The summed E-state index contributed by atoms with van der Waals surface area (Å²) in [6.07, 6.45) is 1.28. The Hall–Kier alpha value is -1.73. The van der Waals surface area contributed by atoms with Crippen LogP contribution < -0.4 is 11.3 Å². The molecule has 1 heterocycles. The van der Waals surface area contributed by atoms with E-state index in [-0.39, 0.29) is 24.5 Å². The fraction of sp³-hybridized carbons (Fsp3) is 0.333. The topological polar surface area (TPSA) is 91.5 Å². The zero-order valence-electron chi connectivity index (χ0n) is 8.77. The third kappa shape index (κ3) is 2.44. The molecule has 1 aromatic heterocycles. The number of amides is 1. The number of hydrazine groups is 1. The first kappa shape index (κ1) is 12.3. The van der Waals surface area contributed by atoms with Gasteiger partial charge in [-0.3, -0.25) is 4.79 Å². The van der Waals surface area contributed by atoms with E-state index in [1.165, 1.54) is 24.2 Å². The van der Waals surface area contributed by atoms with E-state index in [1.54, 1.807) is 0 Å². The average Bonchev–Trinajstić information content (AvgIpc) is 2.29. The second-order valence-electron chi connectivity index (χ2n) is 3.12. The molecule has 1 rings (SSSR count). The molecule has 0 aliphatic heterocycles. The van der Waals surface area contributed by atoms with Gasteiger partial charge in [0.05, 0.1) is 12.2 Å². The molecule has 1 aromatic rings. The van der Waals surface area contributed by atoms with E-state index in [9.17, 15) is 9.18 Å². The molecular weight excluding hydrogens is 215 g/mol. The second kappa shape index (κ2) is 5.38. The number of likely N-dealkylation sites (N-methyl/N-ethyl adjacent to an activating group) is 1. The number of carbonyl (C=O) groups is 1. The summed E-state index contributed by atoms with van der Waals surface area (Å²) in [4.78, 5) is 16.5. The lowest BCUT2D eigenvalue weighted by molar-refractivity contribution is 0.0762. The Bertz CT molecular complexity index is 386. The van der Waals surface area contributed by atoms with Crippen LogP contribution in [0.5, 0.6) is 0 Å². The van der Waals surface area contributed by atoms with Gasteiger partial charge in [0, 0.05) is 19.8 Å². The third-order valence-electron chi connectivity index (χ3n) is 2.04. The maximum absolute atomic E-state index is 13.6. The maximum atomic E-state index is 13.6. The molecule has 0 fully saturated rings. The monoisotopic (exact) mass is 228 g/mol. The highest BCUT2D eigenvalue weighted by Crippen LogP contribution is 2.15. The van der Waals surface area contributed by atoms with E-state index in [4.69, 9.17) is 10.9 Å². The Morgan fingerprint density at radius 2 is 2.44 bits per heavy atom. The van der Waals surface area contributed by atoms with E-state index < -0.39 is 11.7 Å². The van der Waals surface area contributed by atoms with Gasteiger partial charge in [-0.05, 0) is 6.07 Å². The molecule has 0 spiro atoms. The molecule has 16 heavy (non-hydrogen) atoms. The number of anilines is 1. The minimum atomic E-state index is -0.806. The van der Waals surface area contributed by atoms with E-state index in [1.807, 2.05) is 0 Å². The minimum absolute atomic E-state index is 0.131. The number of rotatable bonds is 4. The zero-order chi connectivity index (χ0) is 12.1. The van der Waals surface area contributed by atoms with Crippen molar-refractivity contribution in [2.24, 2.45) is 5.84 Å². The number of aliphatic hydroxyl groups excluding tert-OH is 1. The molecule has 0 unspecified atom stereocenters. The van der Waals surface area contributed by atoms with Gasteiger partial charge in [-0.15, -0.1) is 0 Å². The largest absolute Gasteiger partial charge is 0.395 e. The Labute approximate surface area is 91.9 Å². The number of aliphatic hydroxyl groups is 1. The fourth-order valence-corrected chi connectivity index (χ4v) is 1.17. The molecule has 88 valence electrons. The molecule has 6 nitrogen and oxygen atoms in total. The van der Waals surface area contributed by atoms with Gasteiger partial charge in [0.25, 0.3) is 5.91 Å². The quantitative estimate of drug-likeness (QED) is 0.480. The van der Waals surface area contributed by atoms with Gasteiger partial charge >= 0.3 is 0 Å². The molecule has 0 saturated heterocycles. The third-order valence-corrected chi connectivity index (χ3v) is 2.04. The number of aromatic nitrogens is 1. The van der Waals surface area contributed by atoms with E-state index in [2.05, 4.69) is 10.4 Å². The normalized spacial score (nSPS) is 10.0. The van der Waals surface area contributed by atoms with E-state index in [0.29, 0.717) is 0 Å². The minimum Gasteiger partial charge on any atom is -0.395 e. The molecule has 4 N–H and O–H groups in total. The summed E-state index contributed by atoms with van der Waals surface area (Å²) in [5.74, 6) is 3.50. The van der Waals surface area contributed by atoms with Gasteiger partial charge in [-0.25, -0.2) is 15.2 Å². The summed E-state index contributed by atoms with van der Waals surface area (Å²) < 4.78 is 13.6. The van der Waals surface area contributed by atoms with Gasteiger partial charge in [-0.2, -0.15) is 0 Å². The first-order valence-electron chi connectivity index (χ1n) is 4.59. The lowest BCUT2D eigenvalue weighted by Crippen LogP contribution is -2.30. The number of halogens is 1. The number of hydrogen-bond donors (Lipinski definition) is 3. The summed E-state index contributed by atoms with van der Waals surface area (Å²) >= 11 is 0. The number of carbonyl (C=O) groups excluding carboxylic acids is 1. The Morgan fingerprint density at radius 1 is 1.75 bits per heavy atom. The van der Waals surface area contributed by atoms with Crippen LogP contribution in [0.2, 0.25) is 0 Å². The van der Waals surface area contributed by atoms with Gasteiger partial charge in [0.1, 0.15) is 0 Å².